The zero-order valence-corrected chi connectivity index (χ0v) is 19.2. The van der Waals surface area contributed by atoms with Crippen LogP contribution in [0.25, 0.3) is 39.3 Å². The Balaban J connectivity index is 1.22. The molecule has 0 spiro atoms. The van der Waals surface area contributed by atoms with Gasteiger partial charge in [-0.1, -0.05) is 36.8 Å². The molecule has 1 aliphatic rings. The van der Waals surface area contributed by atoms with Gasteiger partial charge < -0.3 is 4.90 Å². The van der Waals surface area contributed by atoms with Crippen LogP contribution in [-0.2, 0) is 6.42 Å². The fourth-order valence-electron chi connectivity index (χ4n) is 4.70. The van der Waals surface area contributed by atoms with Crippen LogP contribution in [0.15, 0.2) is 61.1 Å². The molecule has 9 heteroatoms. The van der Waals surface area contributed by atoms with Crippen molar-refractivity contribution >= 4 is 5.65 Å². The quantitative estimate of drug-likeness (QED) is 0.397. The molecule has 6 rings (SSSR count). The number of aromatic amines is 1. The summed E-state index contributed by atoms with van der Waals surface area (Å²) in [7, 11) is 0. The first-order chi connectivity index (χ1) is 17.2. The monoisotopic (exact) mass is 468 g/mol. The van der Waals surface area contributed by atoms with Crippen molar-refractivity contribution in [1.29, 1.82) is 0 Å². The molecule has 0 aliphatic carbocycles. The molecule has 1 saturated heterocycles. The third-order valence-electron chi connectivity index (χ3n) is 6.67. The second-order valence-corrected chi connectivity index (χ2v) is 8.95. The largest absolute Gasteiger partial charge is 0.303 e. The highest BCUT2D eigenvalue weighted by Crippen LogP contribution is 2.30. The number of piperidine rings is 1. The highest BCUT2D eigenvalue weighted by atomic mass is 19.1. The van der Waals surface area contributed by atoms with Crippen LogP contribution in [0.2, 0.25) is 0 Å². The average molecular weight is 469 g/mol. The average Bonchev–Trinajstić information content (AvgIpc) is 3.59. The van der Waals surface area contributed by atoms with Gasteiger partial charge in [-0.3, -0.25) is 0 Å². The maximum absolute atomic E-state index is 14.3. The standard InChI is InChI=1S/C26H25FN8/c27-24-9-8-20(14-22(24)25-30-32-33-31-25)23-16-29-35-17-21(15-28-26(23)35)19-6-4-18(5-7-19)10-13-34-11-2-1-3-12-34/h4-9,14-17H,1-3,10-13H2,(H,30,31,32,33). The smallest absolute Gasteiger partial charge is 0.207 e. The first-order valence-corrected chi connectivity index (χ1v) is 11.9. The number of nitrogens with zero attached hydrogens (tertiary/aromatic N) is 7. The van der Waals surface area contributed by atoms with Crippen LogP contribution in [0.5, 0.6) is 0 Å². The van der Waals surface area contributed by atoms with E-state index in [1.807, 2.05) is 12.4 Å². The topological polar surface area (TPSA) is 87.9 Å². The van der Waals surface area contributed by atoms with Crippen molar-refractivity contribution in [1.82, 2.24) is 40.1 Å². The maximum atomic E-state index is 14.3. The van der Waals surface area contributed by atoms with Crippen LogP contribution in [-0.4, -0.2) is 59.8 Å². The van der Waals surface area contributed by atoms with E-state index in [-0.39, 0.29) is 11.4 Å². The number of likely N-dealkylation sites (tertiary alicyclic amines) is 1. The molecule has 3 aromatic heterocycles. The Bertz CT molecular complexity index is 1440. The molecule has 2 aromatic carbocycles. The Morgan fingerprint density at radius 2 is 1.71 bits per heavy atom. The predicted octanol–water partition coefficient (Wildman–Crippen LogP) is 4.41. The number of hydrogen-bond donors (Lipinski definition) is 1. The van der Waals surface area contributed by atoms with E-state index in [1.165, 1.54) is 44.0 Å². The van der Waals surface area contributed by atoms with Crippen LogP contribution in [0, 0.1) is 5.82 Å². The Morgan fingerprint density at radius 3 is 2.51 bits per heavy atom. The Kier molecular flexibility index (Phi) is 5.75. The van der Waals surface area contributed by atoms with E-state index in [9.17, 15) is 4.39 Å². The number of fused-ring (bicyclic) bond motifs is 1. The number of rotatable bonds is 6. The Labute approximate surface area is 201 Å². The van der Waals surface area contributed by atoms with Gasteiger partial charge in [0.2, 0.25) is 5.82 Å². The van der Waals surface area contributed by atoms with Crippen molar-refractivity contribution < 1.29 is 4.39 Å². The number of aromatic nitrogens is 7. The number of H-pyrrole nitrogens is 1. The lowest BCUT2D eigenvalue weighted by atomic mass is 10.0. The molecule has 0 bridgehead atoms. The van der Waals surface area contributed by atoms with Gasteiger partial charge in [-0.05, 0) is 66.4 Å². The van der Waals surface area contributed by atoms with Crippen LogP contribution in [0.1, 0.15) is 24.8 Å². The summed E-state index contributed by atoms with van der Waals surface area (Å²) >= 11 is 0. The second-order valence-electron chi connectivity index (χ2n) is 8.95. The van der Waals surface area contributed by atoms with E-state index >= 15 is 0 Å². The summed E-state index contributed by atoms with van der Waals surface area (Å²) in [5.74, 6) is -0.211. The molecule has 0 unspecified atom stereocenters. The third-order valence-corrected chi connectivity index (χ3v) is 6.67. The SMILES string of the molecule is Fc1ccc(-c2cnn3cc(-c4ccc(CCN5CCCCC5)cc4)cnc23)cc1-c1nn[nH]n1. The summed E-state index contributed by atoms with van der Waals surface area (Å²) in [6.07, 6.45) is 10.7. The first kappa shape index (κ1) is 21.5. The summed E-state index contributed by atoms with van der Waals surface area (Å²) in [5, 5.41) is 18.2. The van der Waals surface area contributed by atoms with Crippen molar-refractivity contribution in [3.05, 3.63) is 72.4 Å². The van der Waals surface area contributed by atoms with Crippen molar-refractivity contribution in [2.24, 2.45) is 0 Å². The summed E-state index contributed by atoms with van der Waals surface area (Å²) in [5.41, 5.74) is 5.98. The number of hydrogen-bond acceptors (Lipinski definition) is 6. The molecule has 0 amide bonds. The summed E-state index contributed by atoms with van der Waals surface area (Å²) < 4.78 is 16.1. The van der Waals surface area contributed by atoms with Gasteiger partial charge >= 0.3 is 0 Å². The van der Waals surface area contributed by atoms with E-state index in [4.69, 9.17) is 0 Å². The third kappa shape index (κ3) is 4.42. The zero-order valence-electron chi connectivity index (χ0n) is 19.2. The highest BCUT2D eigenvalue weighted by Gasteiger charge is 2.15. The van der Waals surface area contributed by atoms with Gasteiger partial charge in [-0.25, -0.2) is 13.9 Å². The fourth-order valence-corrected chi connectivity index (χ4v) is 4.70. The highest BCUT2D eigenvalue weighted by molar-refractivity contribution is 5.80. The maximum Gasteiger partial charge on any atom is 0.207 e. The number of tetrazole rings is 1. The molecule has 35 heavy (non-hydrogen) atoms. The molecule has 0 saturated carbocycles. The number of halogens is 1. The molecular weight excluding hydrogens is 443 g/mol. The summed E-state index contributed by atoms with van der Waals surface area (Å²) in [4.78, 5) is 7.25. The van der Waals surface area contributed by atoms with E-state index in [2.05, 4.69) is 59.9 Å². The molecule has 5 aromatic rings. The van der Waals surface area contributed by atoms with Gasteiger partial charge in [-0.15, -0.1) is 10.2 Å². The van der Waals surface area contributed by atoms with E-state index in [0.29, 0.717) is 5.65 Å². The molecule has 176 valence electrons. The minimum Gasteiger partial charge on any atom is -0.303 e. The molecule has 8 nitrogen and oxygen atoms in total. The molecule has 0 radical (unpaired) electrons. The van der Waals surface area contributed by atoms with Gasteiger partial charge in [0.1, 0.15) is 5.82 Å². The second kappa shape index (κ2) is 9.34. The van der Waals surface area contributed by atoms with Gasteiger partial charge in [0.15, 0.2) is 5.65 Å². The number of benzene rings is 2. The fraction of sp³-hybridized carbons (Fsp3) is 0.269. The van der Waals surface area contributed by atoms with Gasteiger partial charge in [0, 0.05) is 30.1 Å². The van der Waals surface area contributed by atoms with Crippen molar-refractivity contribution in [2.45, 2.75) is 25.7 Å². The molecule has 1 fully saturated rings. The van der Waals surface area contributed by atoms with Crippen LogP contribution < -0.4 is 0 Å². The van der Waals surface area contributed by atoms with Crippen LogP contribution >= 0.6 is 0 Å². The Morgan fingerprint density at radius 1 is 0.886 bits per heavy atom. The minimum absolute atomic E-state index is 0.204. The normalized spacial score (nSPS) is 14.5. The molecule has 0 atom stereocenters. The summed E-state index contributed by atoms with van der Waals surface area (Å²) in [6, 6.07) is 13.5. The van der Waals surface area contributed by atoms with Crippen molar-refractivity contribution in [3.63, 3.8) is 0 Å². The molecule has 4 heterocycles. The van der Waals surface area contributed by atoms with Gasteiger partial charge in [0.05, 0.1) is 11.8 Å². The number of nitrogens with one attached hydrogen (secondary N) is 1. The Hall–Kier alpha value is -3.98. The summed E-state index contributed by atoms with van der Waals surface area (Å²) in [6.45, 7) is 3.58. The van der Waals surface area contributed by atoms with Crippen molar-refractivity contribution in [3.8, 4) is 33.6 Å². The van der Waals surface area contributed by atoms with Crippen LogP contribution in [0.3, 0.4) is 0 Å². The first-order valence-electron chi connectivity index (χ1n) is 11.9. The van der Waals surface area contributed by atoms with Gasteiger partial charge in [-0.2, -0.15) is 10.3 Å². The van der Waals surface area contributed by atoms with E-state index in [1.54, 1.807) is 22.8 Å². The zero-order chi connectivity index (χ0) is 23.6. The lowest BCUT2D eigenvalue weighted by Crippen LogP contribution is -2.31. The lowest BCUT2D eigenvalue weighted by molar-refractivity contribution is 0.231. The van der Waals surface area contributed by atoms with E-state index < -0.39 is 5.82 Å². The lowest BCUT2D eigenvalue weighted by Gasteiger charge is -2.26. The minimum atomic E-state index is -0.416. The molecule has 1 aliphatic heterocycles. The van der Waals surface area contributed by atoms with Crippen molar-refractivity contribution in [2.75, 3.05) is 19.6 Å². The van der Waals surface area contributed by atoms with Gasteiger partial charge in [0.25, 0.3) is 0 Å². The van der Waals surface area contributed by atoms with E-state index in [0.717, 1.165) is 35.2 Å². The molecule has 1 N–H and O–H groups in total. The van der Waals surface area contributed by atoms with Crippen LogP contribution in [0.4, 0.5) is 4.39 Å². The molecular formula is C26H25FN8. The predicted molar refractivity (Wildman–Crippen MR) is 131 cm³/mol.